The molecule has 0 saturated heterocycles. The van der Waals surface area contributed by atoms with Crippen LogP contribution < -0.4 is 10.5 Å². The van der Waals surface area contributed by atoms with Crippen LogP contribution in [0.15, 0.2) is 48.5 Å². The molecule has 2 rings (SSSR count). The van der Waals surface area contributed by atoms with Gasteiger partial charge >= 0.3 is 5.97 Å². The van der Waals surface area contributed by atoms with Gasteiger partial charge in [0, 0.05) is 0 Å². The Morgan fingerprint density at radius 2 is 1.67 bits per heavy atom. The number of carboxylic acids is 1. The summed E-state index contributed by atoms with van der Waals surface area (Å²) in [4.78, 5) is 10.6. The van der Waals surface area contributed by atoms with Crippen molar-refractivity contribution in [2.24, 2.45) is 5.73 Å². The molecule has 5 nitrogen and oxygen atoms in total. The summed E-state index contributed by atoms with van der Waals surface area (Å²) in [5.41, 5.74) is 7.94. The Labute approximate surface area is 122 Å². The standard InChI is InChI=1S/C16H14N2O3/c17-9-11-1-3-12(4-2-11)13-5-7-14(8-6-13)21-10-15(18)16(19)20/h1-8,15H,10,18H2,(H,19,20). The molecule has 0 bridgehead atoms. The van der Waals surface area contributed by atoms with Crippen LogP contribution in [0.2, 0.25) is 0 Å². The highest BCUT2D eigenvalue weighted by Gasteiger charge is 2.11. The first-order valence-corrected chi connectivity index (χ1v) is 6.32. The van der Waals surface area contributed by atoms with E-state index in [4.69, 9.17) is 20.8 Å². The van der Waals surface area contributed by atoms with Crippen LogP contribution in [0.3, 0.4) is 0 Å². The van der Waals surface area contributed by atoms with Crippen LogP contribution in [0.5, 0.6) is 5.75 Å². The highest BCUT2D eigenvalue weighted by atomic mass is 16.5. The van der Waals surface area contributed by atoms with Gasteiger partial charge in [-0.25, -0.2) is 0 Å². The maximum absolute atomic E-state index is 10.6. The van der Waals surface area contributed by atoms with E-state index in [0.717, 1.165) is 11.1 Å². The lowest BCUT2D eigenvalue weighted by atomic mass is 10.0. The summed E-state index contributed by atoms with van der Waals surface area (Å²) >= 11 is 0. The van der Waals surface area contributed by atoms with E-state index in [1.807, 2.05) is 24.3 Å². The number of hydrogen-bond acceptors (Lipinski definition) is 4. The van der Waals surface area contributed by atoms with E-state index in [1.54, 1.807) is 24.3 Å². The SMILES string of the molecule is N#Cc1ccc(-c2ccc(OCC(N)C(=O)O)cc2)cc1. The van der Waals surface area contributed by atoms with E-state index in [9.17, 15) is 4.79 Å². The van der Waals surface area contributed by atoms with E-state index in [1.165, 1.54) is 0 Å². The van der Waals surface area contributed by atoms with Crippen LogP contribution >= 0.6 is 0 Å². The third kappa shape index (κ3) is 3.81. The van der Waals surface area contributed by atoms with Gasteiger partial charge in [-0.15, -0.1) is 0 Å². The van der Waals surface area contributed by atoms with Gasteiger partial charge in [-0.05, 0) is 35.4 Å². The van der Waals surface area contributed by atoms with Crippen molar-refractivity contribution in [3.8, 4) is 22.9 Å². The fourth-order valence-corrected chi connectivity index (χ4v) is 1.74. The molecule has 0 amide bonds. The van der Waals surface area contributed by atoms with Crippen molar-refractivity contribution >= 4 is 5.97 Å². The van der Waals surface area contributed by atoms with Crippen LogP contribution in [-0.4, -0.2) is 23.7 Å². The molecule has 3 N–H and O–H groups in total. The number of hydrogen-bond donors (Lipinski definition) is 2. The fraction of sp³-hybridized carbons (Fsp3) is 0.125. The van der Waals surface area contributed by atoms with Gasteiger partial charge in [0.2, 0.25) is 0 Å². The second-order valence-electron chi connectivity index (χ2n) is 4.47. The first kappa shape index (κ1) is 14.6. The molecule has 0 saturated carbocycles. The summed E-state index contributed by atoms with van der Waals surface area (Å²) in [6, 6.07) is 15.5. The molecule has 5 heteroatoms. The summed E-state index contributed by atoms with van der Waals surface area (Å²) in [7, 11) is 0. The maximum Gasteiger partial charge on any atom is 0.324 e. The van der Waals surface area contributed by atoms with E-state index >= 15 is 0 Å². The number of nitrogens with two attached hydrogens (primary N) is 1. The number of ether oxygens (including phenoxy) is 1. The third-order valence-electron chi connectivity index (χ3n) is 2.95. The van der Waals surface area contributed by atoms with E-state index in [2.05, 4.69) is 6.07 Å². The zero-order valence-electron chi connectivity index (χ0n) is 11.2. The maximum atomic E-state index is 10.6. The molecule has 2 aromatic rings. The monoisotopic (exact) mass is 282 g/mol. The molecule has 0 aliphatic carbocycles. The molecule has 0 fully saturated rings. The van der Waals surface area contributed by atoms with E-state index < -0.39 is 12.0 Å². The molecule has 1 unspecified atom stereocenters. The number of carbonyl (C=O) groups is 1. The van der Waals surface area contributed by atoms with Crippen LogP contribution in [0.25, 0.3) is 11.1 Å². The molecule has 0 aromatic heterocycles. The Kier molecular flexibility index (Phi) is 4.54. The average molecular weight is 282 g/mol. The molecule has 2 aromatic carbocycles. The molecule has 0 spiro atoms. The summed E-state index contributed by atoms with van der Waals surface area (Å²) in [5, 5.41) is 17.4. The summed E-state index contributed by atoms with van der Waals surface area (Å²) in [6.07, 6.45) is 0. The molecular formula is C16H14N2O3. The molecule has 0 aliphatic rings. The molecule has 1 atom stereocenters. The molecule has 106 valence electrons. The number of aliphatic carboxylic acids is 1. The first-order valence-electron chi connectivity index (χ1n) is 6.32. The van der Waals surface area contributed by atoms with E-state index in [-0.39, 0.29) is 6.61 Å². The minimum atomic E-state index is -1.09. The predicted molar refractivity (Wildman–Crippen MR) is 77.7 cm³/mol. The predicted octanol–water partition coefficient (Wildman–Crippen LogP) is 2.02. The van der Waals surface area contributed by atoms with Crippen LogP contribution in [0.1, 0.15) is 5.56 Å². The number of nitriles is 1. The Morgan fingerprint density at radius 1 is 1.14 bits per heavy atom. The zero-order chi connectivity index (χ0) is 15.2. The number of carboxylic acid groups (broad SMARTS) is 1. The quantitative estimate of drug-likeness (QED) is 0.874. The van der Waals surface area contributed by atoms with E-state index in [0.29, 0.717) is 11.3 Å². The highest BCUT2D eigenvalue weighted by Crippen LogP contribution is 2.22. The number of benzene rings is 2. The van der Waals surface area contributed by atoms with Crippen LogP contribution in [0.4, 0.5) is 0 Å². The Bertz CT molecular complexity index is 657. The van der Waals surface area contributed by atoms with Crippen molar-refractivity contribution < 1.29 is 14.6 Å². The van der Waals surface area contributed by atoms with Gasteiger partial charge in [0.1, 0.15) is 18.4 Å². The van der Waals surface area contributed by atoms with Gasteiger partial charge in [0.25, 0.3) is 0 Å². The lowest BCUT2D eigenvalue weighted by Gasteiger charge is -2.10. The first-order chi connectivity index (χ1) is 10.1. The highest BCUT2D eigenvalue weighted by molar-refractivity contribution is 5.73. The molecule has 0 heterocycles. The van der Waals surface area contributed by atoms with Gasteiger partial charge in [0.05, 0.1) is 11.6 Å². The van der Waals surface area contributed by atoms with Crippen molar-refractivity contribution in [1.82, 2.24) is 0 Å². The molecule has 21 heavy (non-hydrogen) atoms. The van der Waals surface area contributed by atoms with Crippen LogP contribution in [-0.2, 0) is 4.79 Å². The Morgan fingerprint density at radius 3 is 2.14 bits per heavy atom. The van der Waals surface area contributed by atoms with Gasteiger partial charge < -0.3 is 15.6 Å². The van der Waals surface area contributed by atoms with Crippen molar-refractivity contribution in [3.63, 3.8) is 0 Å². The molecule has 0 aliphatic heterocycles. The Balaban J connectivity index is 2.04. The lowest BCUT2D eigenvalue weighted by Crippen LogP contribution is -2.36. The number of rotatable bonds is 5. The Hall–Kier alpha value is -2.84. The number of nitrogens with zero attached hydrogens (tertiary/aromatic N) is 1. The molecule has 0 radical (unpaired) electrons. The van der Waals surface area contributed by atoms with Crippen molar-refractivity contribution in [2.75, 3.05) is 6.61 Å². The fourth-order valence-electron chi connectivity index (χ4n) is 1.74. The van der Waals surface area contributed by atoms with Crippen molar-refractivity contribution in [3.05, 3.63) is 54.1 Å². The minimum Gasteiger partial charge on any atom is -0.491 e. The largest absolute Gasteiger partial charge is 0.491 e. The second kappa shape index (κ2) is 6.55. The third-order valence-corrected chi connectivity index (χ3v) is 2.95. The summed E-state index contributed by atoms with van der Waals surface area (Å²) in [5.74, 6) is -0.534. The van der Waals surface area contributed by atoms with Crippen LogP contribution in [0, 0.1) is 11.3 Å². The summed E-state index contributed by atoms with van der Waals surface area (Å²) in [6.45, 7) is -0.0778. The normalized spacial score (nSPS) is 11.4. The van der Waals surface area contributed by atoms with Gasteiger partial charge in [-0.1, -0.05) is 24.3 Å². The van der Waals surface area contributed by atoms with Crippen molar-refractivity contribution in [1.29, 1.82) is 5.26 Å². The average Bonchev–Trinajstić information content (AvgIpc) is 2.53. The topological polar surface area (TPSA) is 96.3 Å². The smallest absolute Gasteiger partial charge is 0.324 e. The lowest BCUT2D eigenvalue weighted by molar-refractivity contribution is -0.139. The summed E-state index contributed by atoms with van der Waals surface area (Å²) < 4.78 is 5.31. The zero-order valence-corrected chi connectivity index (χ0v) is 11.2. The van der Waals surface area contributed by atoms with Gasteiger partial charge in [-0.3, -0.25) is 4.79 Å². The minimum absolute atomic E-state index is 0.0778. The second-order valence-corrected chi connectivity index (χ2v) is 4.47. The van der Waals surface area contributed by atoms with Gasteiger partial charge in [-0.2, -0.15) is 5.26 Å². The van der Waals surface area contributed by atoms with Gasteiger partial charge in [0.15, 0.2) is 0 Å². The molecular weight excluding hydrogens is 268 g/mol. The van der Waals surface area contributed by atoms with Crippen molar-refractivity contribution in [2.45, 2.75) is 6.04 Å².